The first-order valence-electron chi connectivity index (χ1n) is 12.7. The van der Waals surface area contributed by atoms with Crippen LogP contribution < -0.4 is 9.47 Å². The van der Waals surface area contributed by atoms with Crippen LogP contribution in [0.25, 0.3) is 6.08 Å². The summed E-state index contributed by atoms with van der Waals surface area (Å²) in [6.45, 7) is 6.88. The van der Waals surface area contributed by atoms with Crippen molar-refractivity contribution in [3.63, 3.8) is 0 Å². The van der Waals surface area contributed by atoms with Crippen LogP contribution in [0.3, 0.4) is 0 Å². The molecule has 0 aromatic heterocycles. The maximum Gasteiger partial charge on any atom is 0.308 e. The quantitative estimate of drug-likeness (QED) is 0.149. The molecule has 1 aliphatic carbocycles. The lowest BCUT2D eigenvalue weighted by Crippen LogP contribution is -2.28. The number of carbonyl (C=O) groups excluding carboxylic acids is 1. The first kappa shape index (κ1) is 23.9. The largest absolute Gasteiger partial charge is 0.456 e. The van der Waals surface area contributed by atoms with Gasteiger partial charge in [0.25, 0.3) is 0 Å². The Morgan fingerprint density at radius 3 is 2.83 bits per heavy atom. The summed E-state index contributed by atoms with van der Waals surface area (Å²) >= 11 is 0. The molecule has 0 bridgehead atoms. The van der Waals surface area contributed by atoms with Crippen molar-refractivity contribution < 1.29 is 18.8 Å². The topological polar surface area (TPSA) is 38.5 Å². The first-order valence-corrected chi connectivity index (χ1v) is 12.7. The van der Waals surface area contributed by atoms with E-state index in [0.717, 1.165) is 55.7 Å². The smallest absolute Gasteiger partial charge is 0.308 e. The summed E-state index contributed by atoms with van der Waals surface area (Å²) in [6, 6.07) is 14.2. The zero-order valence-electron chi connectivity index (χ0n) is 21.3. The van der Waals surface area contributed by atoms with Gasteiger partial charge in [-0.15, -0.1) is 12.3 Å². The zero-order valence-corrected chi connectivity index (χ0v) is 21.3. The van der Waals surface area contributed by atoms with Crippen molar-refractivity contribution in [1.29, 1.82) is 0 Å². The van der Waals surface area contributed by atoms with Crippen molar-refractivity contribution in [2.75, 3.05) is 6.54 Å². The highest BCUT2D eigenvalue weighted by Crippen LogP contribution is 2.42. The summed E-state index contributed by atoms with van der Waals surface area (Å²) in [6.07, 6.45) is 17.0. The normalized spacial score (nSPS) is 17.7. The van der Waals surface area contributed by atoms with Crippen molar-refractivity contribution in [2.45, 2.75) is 58.3 Å². The van der Waals surface area contributed by atoms with Crippen molar-refractivity contribution in [1.82, 2.24) is 0 Å². The van der Waals surface area contributed by atoms with Crippen molar-refractivity contribution in [3.05, 3.63) is 82.6 Å². The fraction of sp³-hybridized carbons (Fsp3) is 0.312. The molecule has 0 amide bonds. The van der Waals surface area contributed by atoms with Gasteiger partial charge in [0.1, 0.15) is 23.8 Å². The summed E-state index contributed by atoms with van der Waals surface area (Å²) < 4.78 is 14.1. The van der Waals surface area contributed by atoms with Crippen LogP contribution in [0.2, 0.25) is 0 Å². The molecule has 0 radical (unpaired) electrons. The second-order valence-electron chi connectivity index (χ2n) is 10.1. The molecular weight excluding hydrogens is 446 g/mol. The molecule has 0 saturated carbocycles. The van der Waals surface area contributed by atoms with Gasteiger partial charge in [0.2, 0.25) is 5.69 Å². The number of terminal acetylenes is 1. The van der Waals surface area contributed by atoms with E-state index < -0.39 is 0 Å². The Hall–Kier alpha value is -3.84. The van der Waals surface area contributed by atoms with Gasteiger partial charge in [0.15, 0.2) is 5.71 Å². The van der Waals surface area contributed by atoms with E-state index in [1.165, 1.54) is 35.0 Å². The molecule has 2 aromatic rings. The van der Waals surface area contributed by atoms with Gasteiger partial charge in [-0.05, 0) is 68.5 Å². The van der Waals surface area contributed by atoms with E-state index in [2.05, 4.69) is 66.8 Å². The van der Waals surface area contributed by atoms with E-state index in [9.17, 15) is 4.79 Å². The number of rotatable bonds is 6. The number of carbonyl (C=O) groups is 1. The molecule has 3 aliphatic rings. The number of nitrogens with zero attached hydrogens (tertiary/aromatic N) is 1. The highest BCUT2D eigenvalue weighted by Gasteiger charge is 2.43. The third-order valence-electron chi connectivity index (χ3n) is 7.21. The Kier molecular flexibility index (Phi) is 6.41. The number of allylic oxidation sites excluding steroid dienone is 4. The molecule has 4 nitrogen and oxygen atoms in total. The van der Waals surface area contributed by atoms with Crippen molar-refractivity contribution >= 4 is 23.4 Å². The second kappa shape index (κ2) is 9.66. The van der Waals surface area contributed by atoms with Crippen molar-refractivity contribution in [2.24, 2.45) is 0 Å². The Morgan fingerprint density at radius 1 is 1.19 bits per heavy atom. The zero-order chi connectivity index (χ0) is 25.3. The van der Waals surface area contributed by atoms with Gasteiger partial charge < -0.3 is 9.47 Å². The van der Waals surface area contributed by atoms with E-state index in [1.807, 2.05) is 12.1 Å². The van der Waals surface area contributed by atoms with Crippen LogP contribution >= 0.6 is 0 Å². The maximum absolute atomic E-state index is 11.4. The molecule has 2 heterocycles. The summed E-state index contributed by atoms with van der Waals surface area (Å²) in [5.74, 6) is 4.58. The minimum Gasteiger partial charge on any atom is -0.456 e. The molecule has 4 heteroatoms. The standard InChI is InChI=1S/C32H32NO3/c1-5-6-9-19-33-28-14-8-7-13-27(28)32(3,4)30(33)18-16-23-11-10-12-25-20-24-15-17-26(35-22(2)34)21-29(24)36-31(23)25/h1,7-8,13-18,20-21H,6,9-12,19H2,2-4H3/q+1/b18-16+. The predicted molar refractivity (Wildman–Crippen MR) is 144 cm³/mol. The van der Waals surface area contributed by atoms with Crippen LogP contribution in [0.1, 0.15) is 64.0 Å². The van der Waals surface area contributed by atoms with Crippen molar-refractivity contribution in [3.8, 4) is 23.8 Å². The van der Waals surface area contributed by atoms with E-state index in [0.29, 0.717) is 5.75 Å². The van der Waals surface area contributed by atoms with Gasteiger partial charge in [0, 0.05) is 49.1 Å². The first-order chi connectivity index (χ1) is 17.4. The number of benzene rings is 2. The number of para-hydroxylation sites is 1. The van der Waals surface area contributed by atoms with E-state index in [-0.39, 0.29) is 11.4 Å². The Balaban J connectivity index is 1.52. The molecule has 182 valence electrons. The summed E-state index contributed by atoms with van der Waals surface area (Å²) in [7, 11) is 0. The van der Waals surface area contributed by atoms with Gasteiger partial charge in [0.05, 0.1) is 5.41 Å². The predicted octanol–water partition coefficient (Wildman–Crippen LogP) is 6.87. The maximum atomic E-state index is 11.4. The van der Waals surface area contributed by atoms with Gasteiger partial charge in [-0.2, -0.15) is 4.58 Å². The third-order valence-corrected chi connectivity index (χ3v) is 7.21. The molecule has 0 atom stereocenters. The number of ether oxygens (including phenoxy) is 2. The SMILES string of the molecule is C#CCCC[N+]1=C(/C=C/C2=C3Oc4cc(OC(C)=O)ccc4C=C3CCC2)C(C)(C)c2ccccc21. The summed E-state index contributed by atoms with van der Waals surface area (Å²) in [5.41, 5.74) is 7.20. The molecule has 0 saturated heterocycles. The Morgan fingerprint density at radius 2 is 2.03 bits per heavy atom. The number of fused-ring (bicyclic) bond motifs is 3. The lowest BCUT2D eigenvalue weighted by Gasteiger charge is -2.26. The third kappa shape index (κ3) is 4.42. The highest BCUT2D eigenvalue weighted by atomic mass is 16.5. The number of hydrogen-bond donors (Lipinski definition) is 0. The van der Waals surface area contributed by atoms with E-state index >= 15 is 0 Å². The minimum absolute atomic E-state index is 0.110. The van der Waals surface area contributed by atoms with Crippen LogP contribution in [0, 0.1) is 12.3 Å². The molecule has 5 rings (SSSR count). The van der Waals surface area contributed by atoms with Gasteiger partial charge in [-0.3, -0.25) is 4.79 Å². The monoisotopic (exact) mass is 478 g/mol. The second-order valence-corrected chi connectivity index (χ2v) is 10.1. The lowest BCUT2D eigenvalue weighted by atomic mass is 9.81. The molecule has 0 N–H and O–H groups in total. The Labute approximate surface area is 213 Å². The molecule has 2 aliphatic heterocycles. The van der Waals surface area contributed by atoms with E-state index in [4.69, 9.17) is 15.9 Å². The number of unbranched alkanes of at least 4 members (excludes halogenated alkanes) is 1. The van der Waals surface area contributed by atoms with Crippen LogP contribution in [0.15, 0.2) is 71.5 Å². The van der Waals surface area contributed by atoms with Crippen LogP contribution in [0.4, 0.5) is 5.69 Å². The fourth-order valence-electron chi connectivity index (χ4n) is 5.48. The van der Waals surface area contributed by atoms with Gasteiger partial charge >= 0.3 is 5.97 Å². The van der Waals surface area contributed by atoms with Crippen LogP contribution in [-0.4, -0.2) is 22.8 Å². The van der Waals surface area contributed by atoms with Crippen LogP contribution in [0.5, 0.6) is 11.5 Å². The van der Waals surface area contributed by atoms with Gasteiger partial charge in [-0.25, -0.2) is 0 Å². The highest BCUT2D eigenvalue weighted by molar-refractivity contribution is 6.03. The lowest BCUT2D eigenvalue weighted by molar-refractivity contribution is -0.438. The van der Waals surface area contributed by atoms with E-state index in [1.54, 1.807) is 6.07 Å². The average Bonchev–Trinajstić information content (AvgIpc) is 3.07. The molecule has 0 fully saturated rings. The average molecular weight is 479 g/mol. The Bertz CT molecular complexity index is 1390. The fourth-order valence-corrected chi connectivity index (χ4v) is 5.48. The molecule has 36 heavy (non-hydrogen) atoms. The summed E-state index contributed by atoms with van der Waals surface area (Å²) in [4.78, 5) is 11.4. The number of esters is 1. The minimum atomic E-state index is -0.341. The molecule has 2 aromatic carbocycles. The molecule has 0 spiro atoms. The summed E-state index contributed by atoms with van der Waals surface area (Å²) in [5, 5.41) is 0. The van der Waals surface area contributed by atoms with Crippen LogP contribution in [-0.2, 0) is 10.2 Å². The number of hydrogen-bond acceptors (Lipinski definition) is 3. The molecule has 0 unspecified atom stereocenters. The van der Waals surface area contributed by atoms with Gasteiger partial charge in [-0.1, -0.05) is 18.2 Å². The molecular formula is C32H32NO3+.